The van der Waals surface area contributed by atoms with Gasteiger partial charge in [0, 0.05) is 31.9 Å². The third-order valence-electron chi connectivity index (χ3n) is 5.36. The van der Waals surface area contributed by atoms with Crippen molar-refractivity contribution in [3.05, 3.63) is 77.5 Å². The number of carbonyl (C=O) groups is 1. The van der Waals surface area contributed by atoms with Gasteiger partial charge in [-0.15, -0.1) is 0 Å². The molecular formula is C23H23N3O3S. The van der Waals surface area contributed by atoms with Crippen LogP contribution in [0.4, 0.5) is 5.69 Å². The lowest BCUT2D eigenvalue weighted by Gasteiger charge is -2.19. The first-order valence-electron chi connectivity index (χ1n) is 9.69. The lowest BCUT2D eigenvalue weighted by molar-refractivity contribution is 0.0988. The summed E-state index contributed by atoms with van der Waals surface area (Å²) in [5.41, 5.74) is 4.65. The molecule has 1 aromatic heterocycles. The zero-order valence-electron chi connectivity index (χ0n) is 17.2. The number of hydrogen-bond donors (Lipinski definition) is 0. The lowest BCUT2D eigenvalue weighted by Crippen LogP contribution is -2.29. The highest BCUT2D eigenvalue weighted by molar-refractivity contribution is 7.89. The highest BCUT2D eigenvalue weighted by atomic mass is 32.2. The zero-order chi connectivity index (χ0) is 21.5. The van der Waals surface area contributed by atoms with Gasteiger partial charge in [0.15, 0.2) is 0 Å². The van der Waals surface area contributed by atoms with Crippen LogP contribution in [0.25, 0.3) is 11.3 Å². The van der Waals surface area contributed by atoms with Gasteiger partial charge in [0.25, 0.3) is 5.91 Å². The molecule has 7 heteroatoms. The van der Waals surface area contributed by atoms with E-state index < -0.39 is 10.0 Å². The molecule has 0 saturated carbocycles. The van der Waals surface area contributed by atoms with Crippen molar-refractivity contribution in [3.8, 4) is 11.3 Å². The average molecular weight is 422 g/mol. The summed E-state index contributed by atoms with van der Waals surface area (Å²) >= 11 is 0. The van der Waals surface area contributed by atoms with Gasteiger partial charge >= 0.3 is 0 Å². The molecule has 0 atom stereocenters. The molecule has 0 bridgehead atoms. The van der Waals surface area contributed by atoms with Crippen molar-refractivity contribution in [2.75, 3.05) is 25.5 Å². The maximum atomic E-state index is 13.2. The van der Waals surface area contributed by atoms with Crippen LogP contribution in [0.15, 0.2) is 65.6 Å². The standard InChI is InChI=1S/C23H23N3O3S/c1-16-20(10-11-21(24-16)17-7-5-4-6-8-17)23(27)26-14-13-18-15-19(9-12-22(18)26)30(28,29)25(2)3/h4-12,15H,13-14H2,1-3H3. The van der Waals surface area contributed by atoms with Gasteiger partial charge in [-0.2, -0.15) is 0 Å². The van der Waals surface area contributed by atoms with Crippen molar-refractivity contribution in [3.63, 3.8) is 0 Å². The predicted octanol–water partition coefficient (Wildman–Crippen LogP) is 3.51. The Kier molecular flexibility index (Phi) is 5.17. The number of nitrogens with zero attached hydrogens (tertiary/aromatic N) is 3. The van der Waals surface area contributed by atoms with Gasteiger partial charge in [0.1, 0.15) is 0 Å². The van der Waals surface area contributed by atoms with Gasteiger partial charge in [-0.1, -0.05) is 30.3 Å². The van der Waals surface area contributed by atoms with Crippen LogP contribution >= 0.6 is 0 Å². The number of hydrogen-bond acceptors (Lipinski definition) is 4. The number of rotatable bonds is 4. The Bertz CT molecular complexity index is 1220. The van der Waals surface area contributed by atoms with E-state index in [9.17, 15) is 13.2 Å². The van der Waals surface area contributed by atoms with E-state index >= 15 is 0 Å². The molecule has 2 heterocycles. The molecule has 2 aromatic carbocycles. The summed E-state index contributed by atoms with van der Waals surface area (Å²) in [7, 11) is -0.492. The Hall–Kier alpha value is -3.03. The summed E-state index contributed by atoms with van der Waals surface area (Å²) in [6.07, 6.45) is 0.617. The Morgan fingerprint density at radius 2 is 1.77 bits per heavy atom. The van der Waals surface area contributed by atoms with Crippen LogP contribution in [0.3, 0.4) is 0 Å². The third kappa shape index (κ3) is 3.51. The highest BCUT2D eigenvalue weighted by Crippen LogP contribution is 2.32. The Morgan fingerprint density at radius 3 is 2.43 bits per heavy atom. The van der Waals surface area contributed by atoms with Crippen LogP contribution in [-0.2, 0) is 16.4 Å². The van der Waals surface area contributed by atoms with Crippen molar-refractivity contribution < 1.29 is 13.2 Å². The van der Waals surface area contributed by atoms with Crippen LogP contribution in [0, 0.1) is 6.92 Å². The van der Waals surface area contributed by atoms with Crippen LogP contribution in [0.2, 0.25) is 0 Å². The monoisotopic (exact) mass is 421 g/mol. The number of carbonyl (C=O) groups excluding carboxylic acids is 1. The largest absolute Gasteiger partial charge is 0.308 e. The molecule has 1 aliphatic heterocycles. The predicted molar refractivity (Wildman–Crippen MR) is 117 cm³/mol. The van der Waals surface area contributed by atoms with E-state index in [2.05, 4.69) is 4.98 Å². The molecule has 1 amide bonds. The van der Waals surface area contributed by atoms with E-state index in [0.717, 1.165) is 22.5 Å². The van der Waals surface area contributed by atoms with Crippen LogP contribution in [0.1, 0.15) is 21.6 Å². The topological polar surface area (TPSA) is 70.6 Å². The first kappa shape index (κ1) is 20.3. The Labute approximate surface area is 176 Å². The van der Waals surface area contributed by atoms with Gasteiger partial charge in [-0.05, 0) is 49.2 Å². The number of amides is 1. The molecular weight excluding hydrogens is 398 g/mol. The second kappa shape index (κ2) is 7.66. The number of aromatic nitrogens is 1. The van der Waals surface area contributed by atoms with Crippen LogP contribution in [-0.4, -0.2) is 44.3 Å². The minimum absolute atomic E-state index is 0.124. The van der Waals surface area contributed by atoms with E-state index in [1.165, 1.54) is 18.4 Å². The molecule has 30 heavy (non-hydrogen) atoms. The molecule has 0 N–H and O–H groups in total. The second-order valence-corrected chi connectivity index (χ2v) is 9.63. The van der Waals surface area contributed by atoms with E-state index in [-0.39, 0.29) is 10.8 Å². The molecule has 0 unspecified atom stereocenters. The normalized spacial score (nSPS) is 13.5. The lowest BCUT2D eigenvalue weighted by atomic mass is 10.1. The van der Waals surface area contributed by atoms with Crippen LogP contribution < -0.4 is 4.90 Å². The fourth-order valence-electron chi connectivity index (χ4n) is 3.66. The number of pyridine rings is 1. The molecule has 0 saturated heterocycles. The van der Waals surface area contributed by atoms with Crippen molar-refractivity contribution >= 4 is 21.6 Å². The van der Waals surface area contributed by atoms with Crippen molar-refractivity contribution in [2.45, 2.75) is 18.2 Å². The number of anilines is 1. The third-order valence-corrected chi connectivity index (χ3v) is 7.17. The number of sulfonamides is 1. The highest BCUT2D eigenvalue weighted by Gasteiger charge is 2.29. The van der Waals surface area contributed by atoms with Gasteiger partial charge in [0.05, 0.1) is 21.8 Å². The minimum Gasteiger partial charge on any atom is -0.308 e. The summed E-state index contributed by atoms with van der Waals surface area (Å²) in [5.74, 6) is -0.124. The fourth-order valence-corrected chi connectivity index (χ4v) is 4.62. The molecule has 1 aliphatic rings. The Morgan fingerprint density at radius 1 is 1.03 bits per heavy atom. The fraction of sp³-hybridized carbons (Fsp3) is 0.217. The summed E-state index contributed by atoms with van der Waals surface area (Å²) in [4.78, 5) is 19.8. The number of aryl methyl sites for hydroxylation is 1. The number of benzene rings is 2. The van der Waals surface area contributed by atoms with Gasteiger partial charge in [0.2, 0.25) is 10.0 Å². The quantitative estimate of drug-likeness (QED) is 0.646. The van der Waals surface area contributed by atoms with E-state index in [1.807, 2.05) is 49.4 Å². The summed E-state index contributed by atoms with van der Waals surface area (Å²) in [5, 5.41) is 0. The zero-order valence-corrected chi connectivity index (χ0v) is 18.0. The first-order chi connectivity index (χ1) is 14.3. The van der Waals surface area contributed by atoms with Crippen molar-refractivity contribution in [1.29, 1.82) is 0 Å². The van der Waals surface area contributed by atoms with Gasteiger partial charge in [-0.3, -0.25) is 9.78 Å². The number of fused-ring (bicyclic) bond motifs is 1. The second-order valence-electron chi connectivity index (χ2n) is 7.48. The summed E-state index contributed by atoms with van der Waals surface area (Å²) in [6, 6.07) is 18.5. The van der Waals surface area contributed by atoms with E-state index in [4.69, 9.17) is 0 Å². The van der Waals surface area contributed by atoms with Crippen molar-refractivity contribution in [2.24, 2.45) is 0 Å². The van der Waals surface area contributed by atoms with E-state index in [1.54, 1.807) is 23.1 Å². The van der Waals surface area contributed by atoms with Gasteiger partial charge < -0.3 is 4.90 Å². The molecule has 154 valence electrons. The molecule has 6 nitrogen and oxygen atoms in total. The first-order valence-corrected chi connectivity index (χ1v) is 11.1. The summed E-state index contributed by atoms with van der Waals surface area (Å²) in [6.45, 7) is 2.35. The van der Waals surface area contributed by atoms with Crippen LogP contribution in [0.5, 0.6) is 0 Å². The molecule has 0 radical (unpaired) electrons. The molecule has 4 rings (SSSR count). The maximum absolute atomic E-state index is 13.2. The molecule has 3 aromatic rings. The smallest absolute Gasteiger partial charge is 0.260 e. The maximum Gasteiger partial charge on any atom is 0.260 e. The SMILES string of the molecule is Cc1nc(-c2ccccc2)ccc1C(=O)N1CCc2cc(S(=O)(=O)N(C)C)ccc21. The molecule has 0 spiro atoms. The summed E-state index contributed by atoms with van der Waals surface area (Å²) < 4.78 is 26.0. The molecule has 0 fully saturated rings. The van der Waals surface area contributed by atoms with E-state index in [0.29, 0.717) is 24.2 Å². The Balaban J connectivity index is 1.64. The van der Waals surface area contributed by atoms with Gasteiger partial charge in [-0.25, -0.2) is 12.7 Å². The average Bonchev–Trinajstić information content (AvgIpc) is 3.17. The minimum atomic E-state index is -3.51. The molecule has 0 aliphatic carbocycles. The van der Waals surface area contributed by atoms with Crippen molar-refractivity contribution in [1.82, 2.24) is 9.29 Å².